The molecule has 132 valence electrons. The van der Waals surface area contributed by atoms with Crippen LogP contribution in [-0.4, -0.2) is 64.1 Å². The normalized spacial score (nSPS) is 15.2. The van der Waals surface area contributed by atoms with Crippen LogP contribution in [0.4, 0.5) is 5.82 Å². The first-order valence-electron chi connectivity index (χ1n) is 8.53. The van der Waals surface area contributed by atoms with Crippen LogP contribution in [0.15, 0.2) is 36.4 Å². The largest absolute Gasteiger partial charge is 0.335 e. The van der Waals surface area contributed by atoms with Gasteiger partial charge in [-0.2, -0.15) is 5.10 Å². The lowest BCUT2D eigenvalue weighted by molar-refractivity contribution is -0.114. The summed E-state index contributed by atoms with van der Waals surface area (Å²) >= 11 is 0. The van der Waals surface area contributed by atoms with Crippen molar-refractivity contribution in [2.45, 2.75) is 13.8 Å². The van der Waals surface area contributed by atoms with Gasteiger partial charge in [-0.3, -0.25) is 9.59 Å². The molecule has 0 atom stereocenters. The van der Waals surface area contributed by atoms with Crippen LogP contribution < -0.4 is 5.32 Å². The maximum absolute atomic E-state index is 12.8. The lowest BCUT2D eigenvalue weighted by atomic mass is 10.2. The monoisotopic (exact) mass is 341 g/mol. The second kappa shape index (κ2) is 7.48. The smallest absolute Gasteiger partial charge is 0.274 e. The Hall–Kier alpha value is -2.67. The molecular formula is C18H23N5O2. The Morgan fingerprint density at radius 1 is 1.12 bits per heavy atom. The van der Waals surface area contributed by atoms with Gasteiger partial charge >= 0.3 is 0 Å². The van der Waals surface area contributed by atoms with E-state index in [0.717, 1.165) is 25.3 Å². The van der Waals surface area contributed by atoms with Crippen LogP contribution in [-0.2, 0) is 4.79 Å². The van der Waals surface area contributed by atoms with Crippen molar-refractivity contribution in [1.82, 2.24) is 19.6 Å². The second-order valence-electron chi connectivity index (χ2n) is 6.07. The molecule has 1 fully saturated rings. The van der Waals surface area contributed by atoms with Gasteiger partial charge in [0, 0.05) is 39.2 Å². The van der Waals surface area contributed by atoms with Crippen molar-refractivity contribution >= 4 is 17.6 Å². The van der Waals surface area contributed by atoms with E-state index in [1.807, 2.05) is 35.2 Å². The minimum absolute atomic E-state index is 0.1000. The first-order valence-corrected chi connectivity index (χ1v) is 8.53. The molecule has 1 aliphatic heterocycles. The number of aromatic nitrogens is 2. The quantitative estimate of drug-likeness (QED) is 0.917. The summed E-state index contributed by atoms with van der Waals surface area (Å²) in [5, 5.41) is 7.19. The van der Waals surface area contributed by atoms with Crippen molar-refractivity contribution in [2.75, 3.05) is 38.0 Å². The predicted octanol–water partition coefficient (Wildman–Crippen LogP) is 1.61. The number of hydrogen-bond acceptors (Lipinski definition) is 4. The summed E-state index contributed by atoms with van der Waals surface area (Å²) in [5.74, 6) is 0.193. The van der Waals surface area contributed by atoms with Crippen LogP contribution in [0.2, 0.25) is 0 Å². The van der Waals surface area contributed by atoms with Crippen molar-refractivity contribution in [3.8, 4) is 5.69 Å². The predicted molar refractivity (Wildman–Crippen MR) is 95.9 cm³/mol. The van der Waals surface area contributed by atoms with E-state index in [2.05, 4.69) is 22.2 Å². The van der Waals surface area contributed by atoms with Crippen LogP contribution >= 0.6 is 0 Å². The van der Waals surface area contributed by atoms with Crippen LogP contribution in [0, 0.1) is 0 Å². The van der Waals surface area contributed by atoms with Gasteiger partial charge in [-0.05, 0) is 18.7 Å². The Bertz CT molecular complexity index is 748. The average molecular weight is 341 g/mol. The van der Waals surface area contributed by atoms with Crippen LogP contribution in [0.25, 0.3) is 5.69 Å². The van der Waals surface area contributed by atoms with E-state index in [0.29, 0.717) is 24.6 Å². The topological polar surface area (TPSA) is 70.5 Å². The maximum Gasteiger partial charge on any atom is 0.274 e. The third-order valence-electron chi connectivity index (χ3n) is 4.34. The van der Waals surface area contributed by atoms with Crippen molar-refractivity contribution in [3.63, 3.8) is 0 Å². The second-order valence-corrected chi connectivity index (χ2v) is 6.07. The number of piperazine rings is 1. The number of carbonyl (C=O) groups is 2. The van der Waals surface area contributed by atoms with Gasteiger partial charge in [-0.1, -0.05) is 25.1 Å². The molecule has 2 amide bonds. The highest BCUT2D eigenvalue weighted by atomic mass is 16.2. The zero-order valence-electron chi connectivity index (χ0n) is 14.6. The molecule has 1 aromatic heterocycles. The van der Waals surface area contributed by atoms with Crippen molar-refractivity contribution in [1.29, 1.82) is 0 Å². The summed E-state index contributed by atoms with van der Waals surface area (Å²) < 4.78 is 1.59. The number of nitrogens with zero attached hydrogens (tertiary/aromatic N) is 4. The zero-order chi connectivity index (χ0) is 17.8. The Kier molecular flexibility index (Phi) is 5.14. The Labute approximate surface area is 147 Å². The first-order chi connectivity index (χ1) is 12.1. The number of benzene rings is 1. The fourth-order valence-electron chi connectivity index (χ4n) is 2.95. The van der Waals surface area contributed by atoms with Gasteiger partial charge in [0.15, 0.2) is 5.69 Å². The minimum Gasteiger partial charge on any atom is -0.335 e. The molecule has 1 aliphatic rings. The van der Waals surface area contributed by atoms with E-state index < -0.39 is 0 Å². The van der Waals surface area contributed by atoms with Gasteiger partial charge in [0.05, 0.1) is 5.69 Å². The third kappa shape index (κ3) is 3.88. The van der Waals surface area contributed by atoms with E-state index in [1.54, 1.807) is 10.7 Å². The van der Waals surface area contributed by atoms with Gasteiger partial charge in [0.1, 0.15) is 5.82 Å². The van der Waals surface area contributed by atoms with E-state index in [-0.39, 0.29) is 11.8 Å². The number of para-hydroxylation sites is 1. The fraction of sp³-hybridized carbons (Fsp3) is 0.389. The molecule has 2 aromatic rings. The van der Waals surface area contributed by atoms with Gasteiger partial charge in [-0.15, -0.1) is 0 Å². The molecule has 3 rings (SSSR count). The van der Waals surface area contributed by atoms with Gasteiger partial charge in [0.25, 0.3) is 5.91 Å². The standard InChI is InChI=1S/C18H23N5O2/c1-3-21-9-11-22(12-10-21)18(25)16-13-17(19-14(2)24)23(20-16)15-7-5-4-6-8-15/h4-8,13H,3,9-12H2,1-2H3,(H,19,24). The highest BCUT2D eigenvalue weighted by molar-refractivity contribution is 5.95. The Morgan fingerprint density at radius 2 is 1.80 bits per heavy atom. The summed E-state index contributed by atoms with van der Waals surface area (Å²) in [7, 11) is 0. The minimum atomic E-state index is -0.201. The SMILES string of the molecule is CCN1CCN(C(=O)c2cc(NC(C)=O)n(-c3ccccc3)n2)CC1. The molecule has 2 heterocycles. The fourth-order valence-corrected chi connectivity index (χ4v) is 2.95. The molecule has 1 saturated heterocycles. The number of likely N-dealkylation sites (N-methyl/N-ethyl adjacent to an activating group) is 1. The average Bonchev–Trinajstić information content (AvgIpc) is 3.05. The van der Waals surface area contributed by atoms with E-state index in [1.165, 1.54) is 6.92 Å². The molecule has 0 bridgehead atoms. The molecule has 7 heteroatoms. The highest BCUT2D eigenvalue weighted by Crippen LogP contribution is 2.19. The van der Waals surface area contributed by atoms with Gasteiger partial charge < -0.3 is 15.1 Å². The van der Waals surface area contributed by atoms with E-state index in [4.69, 9.17) is 0 Å². The summed E-state index contributed by atoms with van der Waals surface area (Å²) in [4.78, 5) is 28.4. The van der Waals surface area contributed by atoms with E-state index >= 15 is 0 Å². The molecule has 0 spiro atoms. The summed E-state index contributed by atoms with van der Waals surface area (Å²) in [6.07, 6.45) is 0. The molecule has 0 unspecified atom stereocenters. The van der Waals surface area contributed by atoms with Gasteiger partial charge in [0.2, 0.25) is 5.91 Å². The molecule has 7 nitrogen and oxygen atoms in total. The molecule has 0 radical (unpaired) electrons. The highest BCUT2D eigenvalue weighted by Gasteiger charge is 2.24. The van der Waals surface area contributed by atoms with Crippen LogP contribution in [0.5, 0.6) is 0 Å². The first kappa shape index (κ1) is 17.2. The molecule has 0 saturated carbocycles. The number of carbonyl (C=O) groups excluding carboxylic acids is 2. The summed E-state index contributed by atoms with van der Waals surface area (Å²) in [6, 6.07) is 11.1. The van der Waals surface area contributed by atoms with Crippen molar-refractivity contribution < 1.29 is 9.59 Å². The number of nitrogens with one attached hydrogen (secondary N) is 1. The maximum atomic E-state index is 12.8. The number of amides is 2. The van der Waals surface area contributed by atoms with Crippen LogP contribution in [0.3, 0.4) is 0 Å². The van der Waals surface area contributed by atoms with Crippen molar-refractivity contribution in [3.05, 3.63) is 42.1 Å². The Balaban J connectivity index is 1.85. The van der Waals surface area contributed by atoms with Crippen molar-refractivity contribution in [2.24, 2.45) is 0 Å². The summed E-state index contributed by atoms with van der Waals surface area (Å²) in [5.41, 5.74) is 1.14. The molecule has 1 aromatic carbocycles. The van der Waals surface area contributed by atoms with E-state index in [9.17, 15) is 9.59 Å². The van der Waals surface area contributed by atoms with Gasteiger partial charge in [-0.25, -0.2) is 4.68 Å². The lowest BCUT2D eigenvalue weighted by Crippen LogP contribution is -2.48. The number of anilines is 1. The Morgan fingerprint density at radius 3 is 2.40 bits per heavy atom. The number of hydrogen-bond donors (Lipinski definition) is 1. The molecule has 0 aliphatic carbocycles. The molecule has 25 heavy (non-hydrogen) atoms. The number of rotatable bonds is 4. The summed E-state index contributed by atoms with van der Waals surface area (Å²) in [6.45, 7) is 7.70. The third-order valence-corrected chi connectivity index (χ3v) is 4.34. The lowest BCUT2D eigenvalue weighted by Gasteiger charge is -2.33. The zero-order valence-corrected chi connectivity index (χ0v) is 14.6. The van der Waals surface area contributed by atoms with Crippen LogP contribution in [0.1, 0.15) is 24.3 Å². The molecule has 1 N–H and O–H groups in total. The molecular weight excluding hydrogens is 318 g/mol.